The first-order chi connectivity index (χ1) is 9.65. The lowest BCUT2D eigenvalue weighted by Crippen LogP contribution is -2.53. The lowest BCUT2D eigenvalue weighted by molar-refractivity contribution is 0.00578. The molecule has 2 aromatic rings. The molecule has 0 aliphatic carbocycles. The summed E-state index contributed by atoms with van der Waals surface area (Å²) in [5.74, 6) is 0.496. The topological polar surface area (TPSA) is 66.3 Å². The standard InChI is InChI=1S/C15H15N3O2/c1-10-13(15(20)18-8-12(19)9-18)7-16-14(17-10)11-5-3-2-4-6-11/h2-7,12,19H,8-9H2,1H3. The highest BCUT2D eigenvalue weighted by Gasteiger charge is 2.30. The van der Waals surface area contributed by atoms with E-state index in [4.69, 9.17) is 0 Å². The zero-order chi connectivity index (χ0) is 14.1. The number of amides is 1. The van der Waals surface area contributed by atoms with Gasteiger partial charge in [-0.15, -0.1) is 0 Å². The third-order valence-electron chi connectivity index (χ3n) is 3.39. The zero-order valence-electron chi connectivity index (χ0n) is 11.2. The highest BCUT2D eigenvalue weighted by Crippen LogP contribution is 2.18. The van der Waals surface area contributed by atoms with Crippen molar-refractivity contribution in [1.82, 2.24) is 14.9 Å². The van der Waals surface area contributed by atoms with E-state index in [-0.39, 0.29) is 5.91 Å². The van der Waals surface area contributed by atoms with Crippen molar-refractivity contribution in [3.05, 3.63) is 47.8 Å². The fourth-order valence-electron chi connectivity index (χ4n) is 2.19. The van der Waals surface area contributed by atoms with Crippen LogP contribution < -0.4 is 0 Å². The van der Waals surface area contributed by atoms with Gasteiger partial charge in [0, 0.05) is 24.8 Å². The Morgan fingerprint density at radius 2 is 2.00 bits per heavy atom. The van der Waals surface area contributed by atoms with Crippen molar-refractivity contribution in [3.8, 4) is 11.4 Å². The Balaban J connectivity index is 1.86. The van der Waals surface area contributed by atoms with Gasteiger partial charge in [0.2, 0.25) is 0 Å². The first kappa shape index (κ1) is 12.7. The minimum Gasteiger partial charge on any atom is -0.389 e. The Morgan fingerprint density at radius 1 is 1.30 bits per heavy atom. The van der Waals surface area contributed by atoms with Gasteiger partial charge in [0.15, 0.2) is 5.82 Å². The van der Waals surface area contributed by atoms with Crippen LogP contribution in [0, 0.1) is 6.92 Å². The number of likely N-dealkylation sites (tertiary alicyclic amines) is 1. The van der Waals surface area contributed by atoms with E-state index in [1.54, 1.807) is 18.0 Å². The second kappa shape index (κ2) is 5.02. The first-order valence-corrected chi connectivity index (χ1v) is 6.51. The molecule has 0 saturated carbocycles. The molecule has 0 bridgehead atoms. The van der Waals surface area contributed by atoms with Crippen LogP contribution >= 0.6 is 0 Å². The molecule has 3 rings (SSSR count). The normalized spacial score (nSPS) is 15.0. The average molecular weight is 269 g/mol. The Hall–Kier alpha value is -2.27. The maximum atomic E-state index is 12.2. The molecule has 0 atom stereocenters. The van der Waals surface area contributed by atoms with Crippen LogP contribution in [-0.4, -0.2) is 45.1 Å². The quantitative estimate of drug-likeness (QED) is 0.891. The number of aromatic nitrogens is 2. The maximum Gasteiger partial charge on any atom is 0.257 e. The molecule has 1 fully saturated rings. The highest BCUT2D eigenvalue weighted by molar-refractivity contribution is 5.95. The van der Waals surface area contributed by atoms with Gasteiger partial charge in [-0.05, 0) is 6.92 Å². The van der Waals surface area contributed by atoms with Crippen LogP contribution in [0.5, 0.6) is 0 Å². The summed E-state index contributed by atoms with van der Waals surface area (Å²) in [5.41, 5.74) is 2.08. The molecule has 2 heterocycles. The molecule has 0 unspecified atom stereocenters. The minimum absolute atomic E-state index is 0.118. The summed E-state index contributed by atoms with van der Waals surface area (Å²) in [6.07, 6.45) is 1.17. The number of nitrogens with zero attached hydrogens (tertiary/aromatic N) is 3. The number of aryl methyl sites for hydroxylation is 1. The molecule has 0 spiro atoms. The van der Waals surface area contributed by atoms with Gasteiger partial charge >= 0.3 is 0 Å². The molecule has 1 aromatic carbocycles. The minimum atomic E-state index is -0.399. The van der Waals surface area contributed by atoms with Gasteiger partial charge in [-0.3, -0.25) is 4.79 Å². The smallest absolute Gasteiger partial charge is 0.257 e. The van der Waals surface area contributed by atoms with Crippen molar-refractivity contribution in [2.75, 3.05) is 13.1 Å². The summed E-state index contributed by atoms with van der Waals surface area (Å²) < 4.78 is 0. The average Bonchev–Trinajstić information content (AvgIpc) is 2.44. The number of benzene rings is 1. The number of rotatable bonds is 2. The number of β-amino-alcohol motifs (C(OH)–C–C–N with tert-alkyl or cyclic N) is 1. The van der Waals surface area contributed by atoms with E-state index >= 15 is 0 Å². The van der Waals surface area contributed by atoms with Crippen molar-refractivity contribution < 1.29 is 9.90 Å². The van der Waals surface area contributed by atoms with E-state index in [9.17, 15) is 9.90 Å². The van der Waals surface area contributed by atoms with Crippen LogP contribution in [0.1, 0.15) is 16.1 Å². The van der Waals surface area contributed by atoms with E-state index < -0.39 is 6.10 Å². The Bertz CT molecular complexity index is 637. The van der Waals surface area contributed by atoms with Crippen LogP contribution in [-0.2, 0) is 0 Å². The molecule has 5 heteroatoms. The van der Waals surface area contributed by atoms with Gasteiger partial charge < -0.3 is 10.0 Å². The number of hydrogen-bond acceptors (Lipinski definition) is 4. The van der Waals surface area contributed by atoms with Gasteiger partial charge in [-0.2, -0.15) is 0 Å². The second-order valence-electron chi connectivity index (χ2n) is 4.92. The van der Waals surface area contributed by atoms with Crippen LogP contribution in [0.3, 0.4) is 0 Å². The number of aliphatic hydroxyl groups is 1. The van der Waals surface area contributed by atoms with Crippen LogP contribution in [0.15, 0.2) is 36.5 Å². The number of hydrogen-bond donors (Lipinski definition) is 1. The SMILES string of the molecule is Cc1nc(-c2ccccc2)ncc1C(=O)N1CC(O)C1. The first-order valence-electron chi connectivity index (χ1n) is 6.51. The summed E-state index contributed by atoms with van der Waals surface area (Å²) >= 11 is 0. The number of carbonyl (C=O) groups is 1. The van der Waals surface area contributed by atoms with E-state index in [1.165, 1.54) is 0 Å². The largest absolute Gasteiger partial charge is 0.389 e. The van der Waals surface area contributed by atoms with E-state index in [0.29, 0.717) is 30.2 Å². The fraction of sp³-hybridized carbons (Fsp3) is 0.267. The monoisotopic (exact) mass is 269 g/mol. The second-order valence-corrected chi connectivity index (χ2v) is 4.92. The molecule has 5 nitrogen and oxygen atoms in total. The van der Waals surface area contributed by atoms with E-state index in [2.05, 4.69) is 9.97 Å². The maximum absolute atomic E-state index is 12.2. The summed E-state index contributed by atoms with van der Waals surface area (Å²) in [6.45, 7) is 2.58. The molecule has 1 aliphatic rings. The van der Waals surface area contributed by atoms with Crippen molar-refractivity contribution in [3.63, 3.8) is 0 Å². The van der Waals surface area contributed by atoms with Gasteiger partial charge in [0.25, 0.3) is 5.91 Å². The summed E-state index contributed by atoms with van der Waals surface area (Å²) in [7, 11) is 0. The predicted octanol–water partition coefficient (Wildman–Crippen LogP) is 1.27. The van der Waals surface area contributed by atoms with E-state index in [0.717, 1.165) is 5.56 Å². The van der Waals surface area contributed by atoms with E-state index in [1.807, 2.05) is 30.3 Å². The molecule has 0 radical (unpaired) electrons. The molecule has 1 aromatic heterocycles. The van der Waals surface area contributed by atoms with Gasteiger partial charge in [-0.1, -0.05) is 30.3 Å². The third-order valence-corrected chi connectivity index (χ3v) is 3.39. The number of carbonyl (C=O) groups excluding carboxylic acids is 1. The van der Waals surface area contributed by atoms with Crippen LogP contribution in [0.2, 0.25) is 0 Å². The van der Waals surface area contributed by atoms with Crippen molar-refractivity contribution >= 4 is 5.91 Å². The van der Waals surface area contributed by atoms with Crippen molar-refractivity contribution in [1.29, 1.82) is 0 Å². The molecule has 1 saturated heterocycles. The van der Waals surface area contributed by atoms with Crippen LogP contribution in [0.25, 0.3) is 11.4 Å². The molecular formula is C15H15N3O2. The summed E-state index contributed by atoms with van der Waals surface area (Å²) in [6, 6.07) is 9.65. The zero-order valence-corrected chi connectivity index (χ0v) is 11.2. The summed E-state index contributed by atoms with van der Waals surface area (Å²) in [5, 5.41) is 9.25. The molecule has 20 heavy (non-hydrogen) atoms. The Morgan fingerprint density at radius 3 is 2.60 bits per heavy atom. The van der Waals surface area contributed by atoms with Gasteiger partial charge in [0.1, 0.15) is 0 Å². The summed E-state index contributed by atoms with van der Waals surface area (Å²) in [4.78, 5) is 22.4. The third kappa shape index (κ3) is 2.28. The van der Waals surface area contributed by atoms with Crippen LogP contribution in [0.4, 0.5) is 0 Å². The lowest BCUT2D eigenvalue weighted by atomic mass is 10.1. The highest BCUT2D eigenvalue weighted by atomic mass is 16.3. The van der Waals surface area contributed by atoms with Gasteiger partial charge in [-0.25, -0.2) is 9.97 Å². The Kier molecular flexibility index (Phi) is 3.20. The predicted molar refractivity (Wildman–Crippen MR) is 74.1 cm³/mol. The molecule has 1 N–H and O–H groups in total. The molecule has 1 aliphatic heterocycles. The Labute approximate surface area is 116 Å². The number of aliphatic hydroxyl groups excluding tert-OH is 1. The fourth-order valence-corrected chi connectivity index (χ4v) is 2.19. The lowest BCUT2D eigenvalue weighted by Gasteiger charge is -2.35. The molecule has 102 valence electrons. The molecular weight excluding hydrogens is 254 g/mol. The molecule has 1 amide bonds. The van der Waals surface area contributed by atoms with Gasteiger partial charge in [0.05, 0.1) is 17.4 Å². The van der Waals surface area contributed by atoms with Crippen molar-refractivity contribution in [2.45, 2.75) is 13.0 Å². The van der Waals surface area contributed by atoms with Crippen molar-refractivity contribution in [2.24, 2.45) is 0 Å².